The first-order chi connectivity index (χ1) is 14.3. The fraction of sp³-hybridized carbons (Fsp3) is 0.222. The quantitative estimate of drug-likeness (QED) is 0.430. The number of anilines is 1. The second kappa shape index (κ2) is 9.31. The van der Waals surface area contributed by atoms with Crippen LogP contribution in [0.15, 0.2) is 24.5 Å². The SMILES string of the molecule is Cc1cc(F)c(COc2nsc(NC(=O)NCCc3ncc[nH]3)c2C(N)=O)cc1F. The molecule has 3 amide bonds. The minimum atomic E-state index is -0.889. The Labute approximate surface area is 173 Å². The van der Waals surface area contributed by atoms with Gasteiger partial charge in [0.25, 0.3) is 5.91 Å². The van der Waals surface area contributed by atoms with Crippen LogP contribution in [0, 0.1) is 18.6 Å². The summed E-state index contributed by atoms with van der Waals surface area (Å²) in [5, 5.41) is 5.16. The first-order valence-electron chi connectivity index (χ1n) is 8.75. The molecule has 0 spiro atoms. The standard InChI is InChI=1S/C18H18F2N6O3S/c1-9-6-12(20)10(7-11(9)19)8-29-16-14(15(21)27)17(30-26-16)25-18(28)24-3-2-13-22-4-5-23-13/h4-7H,2-3,8H2,1H3,(H2,21,27)(H,22,23)(H2,24,25,28). The molecule has 3 rings (SSSR count). The van der Waals surface area contributed by atoms with Gasteiger partial charge in [-0.05, 0) is 36.2 Å². The van der Waals surface area contributed by atoms with E-state index in [1.54, 1.807) is 12.4 Å². The number of hydrogen-bond donors (Lipinski definition) is 4. The van der Waals surface area contributed by atoms with E-state index in [1.807, 2.05) is 0 Å². The van der Waals surface area contributed by atoms with Crippen LogP contribution in [0.4, 0.5) is 18.6 Å². The molecule has 0 unspecified atom stereocenters. The van der Waals surface area contributed by atoms with Crippen LogP contribution < -0.4 is 21.1 Å². The number of aryl methyl sites for hydroxylation is 1. The molecule has 0 aliphatic heterocycles. The Morgan fingerprint density at radius 2 is 2.10 bits per heavy atom. The Morgan fingerprint density at radius 3 is 2.80 bits per heavy atom. The van der Waals surface area contributed by atoms with Gasteiger partial charge >= 0.3 is 6.03 Å². The molecule has 0 saturated carbocycles. The first-order valence-corrected chi connectivity index (χ1v) is 9.52. The zero-order valence-corrected chi connectivity index (χ0v) is 16.6. The summed E-state index contributed by atoms with van der Waals surface area (Å²) in [4.78, 5) is 30.8. The number of hydrogen-bond acceptors (Lipinski definition) is 6. The summed E-state index contributed by atoms with van der Waals surface area (Å²) in [6.07, 6.45) is 3.76. The smallest absolute Gasteiger partial charge is 0.319 e. The first kappa shape index (κ1) is 21.2. The van der Waals surface area contributed by atoms with Gasteiger partial charge in [0.05, 0.1) is 0 Å². The molecule has 30 heavy (non-hydrogen) atoms. The third-order valence-corrected chi connectivity index (χ3v) is 4.77. The van der Waals surface area contributed by atoms with E-state index in [0.717, 1.165) is 23.7 Å². The van der Waals surface area contributed by atoms with Gasteiger partial charge in [0.1, 0.15) is 34.6 Å². The van der Waals surface area contributed by atoms with Crippen molar-refractivity contribution >= 4 is 28.5 Å². The Bertz CT molecular complexity index is 1050. The Balaban J connectivity index is 1.63. The van der Waals surface area contributed by atoms with Crippen molar-refractivity contribution < 1.29 is 23.1 Å². The summed E-state index contributed by atoms with van der Waals surface area (Å²) in [5.41, 5.74) is 5.32. The van der Waals surface area contributed by atoms with E-state index < -0.39 is 23.6 Å². The number of nitrogens with zero attached hydrogens (tertiary/aromatic N) is 2. The number of amides is 3. The number of urea groups is 1. The van der Waals surface area contributed by atoms with Gasteiger partial charge in [-0.1, -0.05) is 0 Å². The maximum atomic E-state index is 14.0. The molecule has 0 radical (unpaired) electrons. The maximum absolute atomic E-state index is 14.0. The van der Waals surface area contributed by atoms with Gasteiger partial charge in [0.15, 0.2) is 0 Å². The summed E-state index contributed by atoms with van der Waals surface area (Å²) in [5.74, 6) is -1.60. The molecule has 2 heterocycles. The topological polar surface area (TPSA) is 135 Å². The molecule has 0 aliphatic rings. The fourth-order valence-corrected chi connectivity index (χ4v) is 3.23. The third-order valence-electron chi connectivity index (χ3n) is 4.03. The number of aromatic nitrogens is 3. The second-order valence-corrected chi connectivity index (χ2v) is 6.98. The van der Waals surface area contributed by atoms with Crippen molar-refractivity contribution in [2.24, 2.45) is 5.73 Å². The predicted molar refractivity (Wildman–Crippen MR) is 105 cm³/mol. The monoisotopic (exact) mass is 436 g/mol. The number of H-pyrrole nitrogens is 1. The summed E-state index contributed by atoms with van der Waals surface area (Å²) in [6.45, 7) is 1.36. The number of rotatable bonds is 8. The number of nitrogens with two attached hydrogens (primary N) is 1. The molecule has 158 valence electrons. The lowest BCUT2D eigenvalue weighted by atomic mass is 10.1. The molecule has 0 aliphatic carbocycles. The van der Waals surface area contributed by atoms with Crippen LogP contribution in [-0.4, -0.2) is 32.8 Å². The number of carbonyl (C=O) groups is 2. The minimum Gasteiger partial charge on any atom is -0.471 e. The van der Waals surface area contributed by atoms with E-state index in [4.69, 9.17) is 10.5 Å². The summed E-state index contributed by atoms with van der Waals surface area (Å²) >= 11 is 0.775. The number of primary amides is 1. The fourth-order valence-electron chi connectivity index (χ4n) is 2.50. The van der Waals surface area contributed by atoms with Crippen LogP contribution in [0.3, 0.4) is 0 Å². The van der Waals surface area contributed by atoms with Crippen molar-refractivity contribution in [2.45, 2.75) is 20.0 Å². The van der Waals surface area contributed by atoms with E-state index in [2.05, 4.69) is 25.0 Å². The summed E-state index contributed by atoms with van der Waals surface area (Å²) < 4.78 is 36.9. The lowest BCUT2D eigenvalue weighted by Crippen LogP contribution is -2.31. The molecule has 0 saturated heterocycles. The van der Waals surface area contributed by atoms with E-state index >= 15 is 0 Å². The number of nitrogens with one attached hydrogen (secondary N) is 3. The van der Waals surface area contributed by atoms with Crippen molar-refractivity contribution in [3.05, 3.63) is 58.7 Å². The number of imidazole rings is 1. The molecule has 0 fully saturated rings. The van der Waals surface area contributed by atoms with Crippen molar-refractivity contribution in [3.8, 4) is 5.88 Å². The molecule has 9 nitrogen and oxygen atoms in total. The predicted octanol–water partition coefficient (Wildman–Crippen LogP) is 2.49. The molecular formula is C18H18F2N6O3S. The molecule has 12 heteroatoms. The number of aromatic amines is 1. The number of carbonyl (C=O) groups excluding carboxylic acids is 2. The van der Waals surface area contributed by atoms with Crippen molar-refractivity contribution in [2.75, 3.05) is 11.9 Å². The normalized spacial score (nSPS) is 10.6. The van der Waals surface area contributed by atoms with E-state index in [-0.39, 0.29) is 34.2 Å². The Kier molecular flexibility index (Phi) is 6.57. The molecule has 2 aromatic heterocycles. The third kappa shape index (κ3) is 5.08. The zero-order chi connectivity index (χ0) is 21.7. The van der Waals surface area contributed by atoms with Crippen LogP contribution in [-0.2, 0) is 13.0 Å². The highest BCUT2D eigenvalue weighted by Crippen LogP contribution is 2.31. The van der Waals surface area contributed by atoms with Gasteiger partial charge in [0, 0.05) is 30.9 Å². The lowest BCUT2D eigenvalue weighted by molar-refractivity contribution is 0.0996. The van der Waals surface area contributed by atoms with Crippen molar-refractivity contribution in [1.82, 2.24) is 19.7 Å². The highest BCUT2D eigenvalue weighted by Gasteiger charge is 2.22. The van der Waals surface area contributed by atoms with Crippen LogP contribution in [0.1, 0.15) is 27.3 Å². The van der Waals surface area contributed by atoms with Gasteiger partial charge in [-0.3, -0.25) is 10.1 Å². The highest BCUT2D eigenvalue weighted by molar-refractivity contribution is 7.11. The van der Waals surface area contributed by atoms with Crippen molar-refractivity contribution in [1.29, 1.82) is 0 Å². The molecule has 0 bridgehead atoms. The van der Waals surface area contributed by atoms with Gasteiger partial charge in [-0.25, -0.2) is 18.6 Å². The van der Waals surface area contributed by atoms with Crippen LogP contribution in [0.25, 0.3) is 0 Å². The Morgan fingerprint density at radius 1 is 1.30 bits per heavy atom. The largest absolute Gasteiger partial charge is 0.471 e. The van der Waals surface area contributed by atoms with Gasteiger partial charge in [-0.15, -0.1) is 0 Å². The number of halogens is 2. The second-order valence-electron chi connectivity index (χ2n) is 6.20. The van der Waals surface area contributed by atoms with Gasteiger partial charge < -0.3 is 20.8 Å². The summed E-state index contributed by atoms with van der Waals surface area (Å²) in [7, 11) is 0. The average Bonchev–Trinajstić information content (AvgIpc) is 3.33. The van der Waals surface area contributed by atoms with Gasteiger partial charge in [-0.2, -0.15) is 4.37 Å². The molecule has 1 aromatic carbocycles. The molecule has 5 N–H and O–H groups in total. The summed E-state index contributed by atoms with van der Waals surface area (Å²) in [6, 6.07) is 1.47. The maximum Gasteiger partial charge on any atom is 0.319 e. The van der Waals surface area contributed by atoms with Crippen molar-refractivity contribution in [3.63, 3.8) is 0 Å². The van der Waals surface area contributed by atoms with Crippen LogP contribution >= 0.6 is 11.5 Å². The molecular weight excluding hydrogens is 418 g/mol. The van der Waals surface area contributed by atoms with Gasteiger partial charge in [0.2, 0.25) is 5.88 Å². The molecule has 3 aromatic rings. The highest BCUT2D eigenvalue weighted by atomic mass is 32.1. The molecule has 0 atom stereocenters. The minimum absolute atomic E-state index is 0.0494. The number of ether oxygens (including phenoxy) is 1. The van der Waals surface area contributed by atoms with E-state index in [1.165, 1.54) is 6.92 Å². The average molecular weight is 436 g/mol. The zero-order valence-electron chi connectivity index (χ0n) is 15.8. The number of benzene rings is 1. The van der Waals surface area contributed by atoms with E-state index in [0.29, 0.717) is 18.8 Å². The van der Waals surface area contributed by atoms with Crippen LogP contribution in [0.2, 0.25) is 0 Å². The van der Waals surface area contributed by atoms with E-state index in [9.17, 15) is 18.4 Å². The van der Waals surface area contributed by atoms with Crippen LogP contribution in [0.5, 0.6) is 5.88 Å². The Hall–Kier alpha value is -3.54. The lowest BCUT2D eigenvalue weighted by Gasteiger charge is -2.08.